The van der Waals surface area contributed by atoms with Crippen LogP contribution in [0, 0.1) is 0 Å². The molecule has 0 spiro atoms. The molecule has 0 amide bonds. The monoisotopic (exact) mass is 144 g/mol. The van der Waals surface area contributed by atoms with Crippen molar-refractivity contribution in [1.82, 2.24) is 10.2 Å². The van der Waals surface area contributed by atoms with Crippen LogP contribution in [0.25, 0.3) is 0 Å². The predicted octanol–water partition coefficient (Wildman–Crippen LogP) is 0.397. The molecule has 2 N–H and O–H groups in total. The van der Waals surface area contributed by atoms with Crippen LogP contribution in [-0.4, -0.2) is 21.3 Å². The Bertz CT molecular complexity index is 232. The number of nitrogens with one attached hydrogen (secondary N) is 1. The molecule has 1 aromatic rings. The lowest BCUT2D eigenvalue weighted by Gasteiger charge is -1.77. The summed E-state index contributed by atoms with van der Waals surface area (Å²) in [6.07, 6.45) is 0. The van der Waals surface area contributed by atoms with Gasteiger partial charge in [-0.05, 0) is 0 Å². The van der Waals surface area contributed by atoms with Crippen molar-refractivity contribution in [2.24, 2.45) is 0 Å². The van der Waals surface area contributed by atoms with Gasteiger partial charge in [-0.15, -0.1) is 12.6 Å². The van der Waals surface area contributed by atoms with Gasteiger partial charge in [0, 0.05) is 6.07 Å². The highest BCUT2D eigenvalue weighted by atomic mass is 32.1. The molecule has 0 aromatic carbocycles. The number of carboxylic acid groups (broad SMARTS) is 1. The summed E-state index contributed by atoms with van der Waals surface area (Å²) >= 11 is 3.82. The number of rotatable bonds is 1. The van der Waals surface area contributed by atoms with Crippen LogP contribution in [0.3, 0.4) is 0 Å². The summed E-state index contributed by atoms with van der Waals surface area (Å²) < 4.78 is 0. The molecule has 0 aliphatic carbocycles. The number of carboxylic acids is 1. The quantitative estimate of drug-likeness (QED) is 0.500. The van der Waals surface area contributed by atoms with Crippen LogP contribution in [0.1, 0.15) is 10.5 Å². The molecule has 0 saturated carbocycles. The van der Waals surface area contributed by atoms with Crippen LogP contribution in [-0.2, 0) is 0 Å². The van der Waals surface area contributed by atoms with E-state index in [0.717, 1.165) is 0 Å². The number of thiol groups is 1. The smallest absolute Gasteiger partial charge is 0.356 e. The van der Waals surface area contributed by atoms with Crippen LogP contribution in [0.15, 0.2) is 11.1 Å². The summed E-state index contributed by atoms with van der Waals surface area (Å²) in [7, 11) is 0. The first kappa shape index (κ1) is 6.15. The maximum Gasteiger partial charge on any atom is 0.356 e. The summed E-state index contributed by atoms with van der Waals surface area (Å²) in [5, 5.41) is 14.5. The van der Waals surface area contributed by atoms with Crippen molar-refractivity contribution in [3.63, 3.8) is 0 Å². The Morgan fingerprint density at radius 3 is 2.78 bits per heavy atom. The van der Waals surface area contributed by atoms with E-state index in [0.29, 0.717) is 5.03 Å². The average Bonchev–Trinajstić information content (AvgIpc) is 2.14. The number of nitrogens with zero attached hydrogens (tertiary/aromatic N) is 1. The zero-order valence-electron chi connectivity index (χ0n) is 4.33. The maximum atomic E-state index is 10.1. The Hall–Kier alpha value is -0.970. The summed E-state index contributed by atoms with van der Waals surface area (Å²) in [4.78, 5) is 10.1. The molecule has 0 unspecified atom stereocenters. The number of hydrogen-bond acceptors (Lipinski definition) is 3. The zero-order valence-corrected chi connectivity index (χ0v) is 5.22. The van der Waals surface area contributed by atoms with Crippen LogP contribution < -0.4 is 0 Å². The lowest BCUT2D eigenvalue weighted by atomic mass is 10.4. The number of H-pyrrole nitrogens is 1. The summed E-state index contributed by atoms with van der Waals surface area (Å²) in [5.41, 5.74) is -0.0139. The average molecular weight is 144 g/mol. The van der Waals surface area contributed by atoms with Crippen LogP contribution in [0.4, 0.5) is 0 Å². The fourth-order valence-corrected chi connectivity index (χ4v) is 0.593. The molecule has 5 heteroatoms. The third-order valence-electron chi connectivity index (χ3n) is 0.783. The number of aromatic amines is 1. The van der Waals surface area contributed by atoms with Crippen LogP contribution in [0.5, 0.6) is 0 Å². The van der Waals surface area contributed by atoms with Crippen molar-refractivity contribution < 1.29 is 9.90 Å². The van der Waals surface area contributed by atoms with Crippen LogP contribution in [0.2, 0.25) is 0 Å². The molecular formula is C4H4N2O2S. The van der Waals surface area contributed by atoms with E-state index < -0.39 is 5.97 Å². The molecule has 9 heavy (non-hydrogen) atoms. The van der Waals surface area contributed by atoms with Crippen molar-refractivity contribution in [2.75, 3.05) is 0 Å². The number of aromatic nitrogens is 2. The Balaban J connectivity index is 2.98. The molecule has 0 bridgehead atoms. The summed E-state index contributed by atoms with van der Waals surface area (Å²) in [6.45, 7) is 0. The fraction of sp³-hybridized carbons (Fsp3) is 0. The van der Waals surface area contributed by atoms with Gasteiger partial charge in [-0.25, -0.2) is 4.79 Å². The lowest BCUT2D eigenvalue weighted by Crippen LogP contribution is -1.95. The minimum absolute atomic E-state index is 0.0139. The maximum absolute atomic E-state index is 10.1. The van der Waals surface area contributed by atoms with Crippen molar-refractivity contribution in [3.8, 4) is 0 Å². The highest BCUT2D eigenvalue weighted by Gasteiger charge is 2.04. The van der Waals surface area contributed by atoms with E-state index >= 15 is 0 Å². The second-order valence-electron chi connectivity index (χ2n) is 1.44. The first-order valence-electron chi connectivity index (χ1n) is 2.18. The summed E-state index contributed by atoms with van der Waals surface area (Å²) in [5.74, 6) is -1.05. The van der Waals surface area contributed by atoms with E-state index in [1.54, 1.807) is 0 Å². The Labute approximate surface area is 56.3 Å². The number of hydrogen-bond donors (Lipinski definition) is 3. The lowest BCUT2D eigenvalue weighted by molar-refractivity contribution is 0.0690. The highest BCUT2D eigenvalue weighted by molar-refractivity contribution is 7.80. The van der Waals surface area contributed by atoms with Gasteiger partial charge in [0.1, 0.15) is 0 Å². The van der Waals surface area contributed by atoms with Gasteiger partial charge in [-0.1, -0.05) is 0 Å². The second kappa shape index (κ2) is 2.10. The molecule has 1 heterocycles. The molecule has 1 aromatic heterocycles. The van der Waals surface area contributed by atoms with Gasteiger partial charge < -0.3 is 5.11 Å². The van der Waals surface area contributed by atoms with E-state index in [1.807, 2.05) is 0 Å². The molecular weight excluding hydrogens is 140 g/mol. The summed E-state index contributed by atoms with van der Waals surface area (Å²) in [6, 6.07) is 1.34. The van der Waals surface area contributed by atoms with Crippen LogP contribution >= 0.6 is 12.6 Å². The SMILES string of the molecule is O=C(O)c1cc(S)[nH]n1. The minimum Gasteiger partial charge on any atom is -0.476 e. The van der Waals surface area contributed by atoms with Gasteiger partial charge in [0.25, 0.3) is 0 Å². The van der Waals surface area contributed by atoms with Gasteiger partial charge in [0.15, 0.2) is 5.69 Å². The van der Waals surface area contributed by atoms with Gasteiger partial charge in [0.2, 0.25) is 0 Å². The largest absolute Gasteiger partial charge is 0.476 e. The molecule has 4 nitrogen and oxygen atoms in total. The van der Waals surface area contributed by atoms with Crippen molar-refractivity contribution in [2.45, 2.75) is 5.03 Å². The Morgan fingerprint density at radius 2 is 2.56 bits per heavy atom. The predicted molar refractivity (Wildman–Crippen MR) is 32.8 cm³/mol. The van der Waals surface area contributed by atoms with Crippen molar-refractivity contribution in [3.05, 3.63) is 11.8 Å². The van der Waals surface area contributed by atoms with E-state index in [2.05, 4.69) is 22.8 Å². The Morgan fingerprint density at radius 1 is 1.89 bits per heavy atom. The molecule has 0 aliphatic heterocycles. The van der Waals surface area contributed by atoms with Crippen molar-refractivity contribution >= 4 is 18.6 Å². The molecule has 0 atom stereocenters. The van der Waals surface area contributed by atoms with E-state index in [4.69, 9.17) is 5.11 Å². The first-order valence-corrected chi connectivity index (χ1v) is 2.62. The molecule has 0 aliphatic rings. The standard InChI is InChI=1S/C4H4N2O2S/c7-4(8)2-1-3(9)6-5-2/h1H,(H,7,8)(H2,5,6,9). The highest BCUT2D eigenvalue weighted by Crippen LogP contribution is 2.01. The van der Waals surface area contributed by atoms with Gasteiger partial charge >= 0.3 is 5.97 Å². The zero-order chi connectivity index (χ0) is 6.85. The Kier molecular flexibility index (Phi) is 1.44. The minimum atomic E-state index is -1.05. The third-order valence-corrected chi connectivity index (χ3v) is 1.01. The molecule has 0 fully saturated rings. The third kappa shape index (κ3) is 1.23. The first-order chi connectivity index (χ1) is 4.20. The van der Waals surface area contributed by atoms with E-state index in [-0.39, 0.29) is 5.69 Å². The van der Waals surface area contributed by atoms with E-state index in [9.17, 15) is 4.79 Å². The van der Waals surface area contributed by atoms with Gasteiger partial charge in [-0.2, -0.15) is 5.10 Å². The topological polar surface area (TPSA) is 66.0 Å². The fourth-order valence-electron chi connectivity index (χ4n) is 0.421. The molecule has 0 saturated heterocycles. The second-order valence-corrected chi connectivity index (χ2v) is 1.93. The molecule has 48 valence electrons. The van der Waals surface area contributed by atoms with Crippen molar-refractivity contribution in [1.29, 1.82) is 0 Å². The molecule has 0 radical (unpaired) electrons. The normalized spacial score (nSPS) is 9.44. The number of carbonyl (C=O) groups is 1. The van der Waals surface area contributed by atoms with E-state index in [1.165, 1.54) is 6.07 Å². The molecule has 1 rings (SSSR count). The number of aromatic carboxylic acids is 1. The van der Waals surface area contributed by atoms with Gasteiger partial charge in [-0.3, -0.25) is 5.10 Å². The van der Waals surface area contributed by atoms with Gasteiger partial charge in [0.05, 0.1) is 5.03 Å².